The number of hydrogen-bond donors (Lipinski definition) is 1. The molecular formula is C17H22BrNO. The number of amides is 1. The summed E-state index contributed by atoms with van der Waals surface area (Å²) in [6.45, 7) is 3.14. The van der Waals surface area contributed by atoms with Gasteiger partial charge in [0, 0.05) is 16.9 Å². The Morgan fingerprint density at radius 3 is 2.90 bits per heavy atom. The molecule has 3 rings (SSSR count). The van der Waals surface area contributed by atoms with Gasteiger partial charge in [0.2, 0.25) is 0 Å². The lowest BCUT2D eigenvalue weighted by atomic mass is 9.89. The van der Waals surface area contributed by atoms with Crippen molar-refractivity contribution in [1.29, 1.82) is 0 Å². The first-order chi connectivity index (χ1) is 9.66. The zero-order valence-corrected chi connectivity index (χ0v) is 13.6. The van der Waals surface area contributed by atoms with E-state index in [1.54, 1.807) is 0 Å². The average molecular weight is 336 g/mol. The third-order valence-corrected chi connectivity index (χ3v) is 6.12. The van der Waals surface area contributed by atoms with E-state index in [-0.39, 0.29) is 5.91 Å². The minimum atomic E-state index is 0.0959. The molecule has 2 nitrogen and oxygen atoms in total. The molecule has 3 heteroatoms. The lowest BCUT2D eigenvalue weighted by Gasteiger charge is -2.23. The van der Waals surface area contributed by atoms with Gasteiger partial charge in [-0.2, -0.15) is 0 Å². The van der Waals surface area contributed by atoms with Gasteiger partial charge in [-0.05, 0) is 48.3 Å². The van der Waals surface area contributed by atoms with Crippen LogP contribution in [0.25, 0.3) is 0 Å². The van der Waals surface area contributed by atoms with Gasteiger partial charge in [-0.1, -0.05) is 47.8 Å². The number of aryl methyl sites for hydroxylation is 1. The Labute approximate surface area is 129 Å². The van der Waals surface area contributed by atoms with Gasteiger partial charge in [-0.3, -0.25) is 4.79 Å². The Bertz CT molecular complexity index is 514. The Balaban J connectivity index is 1.89. The topological polar surface area (TPSA) is 29.1 Å². The number of halogens is 1. The summed E-state index contributed by atoms with van der Waals surface area (Å²) in [6.07, 6.45) is 5.99. The number of carbonyl (C=O) groups excluding carboxylic acids is 1. The summed E-state index contributed by atoms with van der Waals surface area (Å²) in [5.74, 6) is 1.56. The van der Waals surface area contributed by atoms with Crippen molar-refractivity contribution in [2.45, 2.75) is 43.9 Å². The van der Waals surface area contributed by atoms with Crippen LogP contribution in [0.2, 0.25) is 0 Å². The third kappa shape index (κ3) is 2.65. The fraction of sp³-hybridized carbons (Fsp3) is 0.588. The number of hydrogen-bond acceptors (Lipinski definition) is 1. The Morgan fingerprint density at radius 2 is 2.15 bits per heavy atom. The molecule has 3 unspecified atom stereocenters. The number of fused-ring (bicyclic) bond motifs is 1. The number of alkyl halides is 1. The molecule has 1 heterocycles. The van der Waals surface area contributed by atoms with Crippen molar-refractivity contribution >= 4 is 21.8 Å². The zero-order valence-electron chi connectivity index (χ0n) is 12.0. The second-order valence-corrected chi connectivity index (χ2v) is 7.24. The van der Waals surface area contributed by atoms with Crippen molar-refractivity contribution in [3.8, 4) is 0 Å². The molecule has 0 bridgehead atoms. The van der Waals surface area contributed by atoms with Gasteiger partial charge in [0.05, 0.1) is 0 Å². The van der Waals surface area contributed by atoms with Crippen molar-refractivity contribution in [2.24, 2.45) is 11.8 Å². The number of nitrogens with one attached hydrogen (secondary N) is 1. The predicted molar refractivity (Wildman–Crippen MR) is 85.3 cm³/mol. The van der Waals surface area contributed by atoms with Crippen LogP contribution in [0.1, 0.15) is 58.9 Å². The number of rotatable bonds is 2. The molecule has 0 radical (unpaired) electrons. The van der Waals surface area contributed by atoms with E-state index in [4.69, 9.17) is 0 Å². The van der Waals surface area contributed by atoms with E-state index in [1.165, 1.54) is 30.4 Å². The van der Waals surface area contributed by atoms with Crippen LogP contribution in [0.15, 0.2) is 18.2 Å². The first kappa shape index (κ1) is 14.1. The molecule has 0 saturated heterocycles. The van der Waals surface area contributed by atoms with E-state index < -0.39 is 0 Å². The Hall–Kier alpha value is -0.830. The van der Waals surface area contributed by atoms with Crippen LogP contribution in [0.3, 0.4) is 0 Å². The molecule has 1 fully saturated rings. The molecule has 1 aromatic carbocycles. The van der Waals surface area contributed by atoms with E-state index in [0.717, 1.165) is 30.9 Å². The molecule has 0 spiro atoms. The quantitative estimate of drug-likeness (QED) is 0.805. The van der Waals surface area contributed by atoms with Crippen LogP contribution >= 0.6 is 15.9 Å². The maximum atomic E-state index is 12.1. The minimum Gasteiger partial charge on any atom is -0.352 e. The molecule has 1 N–H and O–H groups in total. The van der Waals surface area contributed by atoms with Crippen molar-refractivity contribution in [3.63, 3.8) is 0 Å². The highest BCUT2D eigenvalue weighted by Crippen LogP contribution is 2.44. The van der Waals surface area contributed by atoms with Crippen LogP contribution in [-0.2, 0) is 6.42 Å². The summed E-state index contributed by atoms with van der Waals surface area (Å²) in [5, 5.41) is 2.99. The lowest BCUT2D eigenvalue weighted by molar-refractivity contribution is 0.0956. The highest BCUT2D eigenvalue weighted by molar-refractivity contribution is 9.09. The van der Waals surface area contributed by atoms with Gasteiger partial charge in [-0.15, -0.1) is 0 Å². The van der Waals surface area contributed by atoms with E-state index in [9.17, 15) is 4.79 Å². The van der Waals surface area contributed by atoms with Crippen LogP contribution in [0.5, 0.6) is 0 Å². The van der Waals surface area contributed by atoms with Gasteiger partial charge in [0.15, 0.2) is 0 Å². The molecule has 3 atom stereocenters. The van der Waals surface area contributed by atoms with Crippen LogP contribution in [0, 0.1) is 11.8 Å². The molecule has 20 heavy (non-hydrogen) atoms. The van der Waals surface area contributed by atoms with E-state index in [1.807, 2.05) is 0 Å². The molecule has 1 aromatic rings. The maximum Gasteiger partial charge on any atom is 0.251 e. The standard InChI is InChI=1S/C17H22BrNO/c1-11-4-2-6-14(11)16(18)13-8-7-12-5-3-9-19-17(20)15(12)10-13/h7-8,10-11,14,16H,2-6,9H2,1H3,(H,19,20). The number of carbonyl (C=O) groups is 1. The average Bonchev–Trinajstić information content (AvgIpc) is 2.79. The van der Waals surface area contributed by atoms with Crippen LogP contribution in [-0.4, -0.2) is 12.5 Å². The molecule has 2 aliphatic rings. The summed E-state index contributed by atoms with van der Waals surface area (Å²) in [4.78, 5) is 12.5. The van der Waals surface area contributed by atoms with Crippen molar-refractivity contribution in [3.05, 3.63) is 34.9 Å². The largest absolute Gasteiger partial charge is 0.352 e. The van der Waals surface area contributed by atoms with Crippen molar-refractivity contribution in [2.75, 3.05) is 6.54 Å². The highest BCUT2D eigenvalue weighted by atomic mass is 79.9. The Kier molecular flexibility index (Phi) is 4.16. The third-order valence-electron chi connectivity index (χ3n) is 4.91. The van der Waals surface area contributed by atoms with Gasteiger partial charge in [0.1, 0.15) is 0 Å². The predicted octanol–water partition coefficient (Wildman–Crippen LogP) is 4.23. The van der Waals surface area contributed by atoms with Crippen LogP contribution in [0.4, 0.5) is 0 Å². The van der Waals surface area contributed by atoms with Gasteiger partial charge in [-0.25, -0.2) is 0 Å². The van der Waals surface area contributed by atoms with Gasteiger partial charge in [0.25, 0.3) is 5.91 Å². The summed E-state index contributed by atoms with van der Waals surface area (Å²) in [6, 6.07) is 6.48. The minimum absolute atomic E-state index is 0.0959. The molecule has 1 aliphatic heterocycles. The zero-order chi connectivity index (χ0) is 14.1. The molecule has 1 saturated carbocycles. The van der Waals surface area contributed by atoms with E-state index in [2.05, 4.69) is 46.4 Å². The smallest absolute Gasteiger partial charge is 0.251 e. The normalized spacial score (nSPS) is 27.6. The maximum absolute atomic E-state index is 12.1. The summed E-state index contributed by atoms with van der Waals surface area (Å²) in [7, 11) is 0. The molecule has 108 valence electrons. The van der Waals surface area contributed by atoms with E-state index in [0.29, 0.717) is 10.7 Å². The molecule has 0 aromatic heterocycles. The van der Waals surface area contributed by atoms with E-state index >= 15 is 0 Å². The van der Waals surface area contributed by atoms with Crippen molar-refractivity contribution in [1.82, 2.24) is 5.32 Å². The monoisotopic (exact) mass is 335 g/mol. The SMILES string of the molecule is CC1CCCC1C(Br)c1ccc2c(c1)C(=O)NCCC2. The second-order valence-electron chi connectivity index (χ2n) is 6.25. The first-order valence-corrected chi connectivity index (χ1v) is 8.63. The lowest BCUT2D eigenvalue weighted by Crippen LogP contribution is -2.23. The van der Waals surface area contributed by atoms with Gasteiger partial charge >= 0.3 is 0 Å². The van der Waals surface area contributed by atoms with Crippen molar-refractivity contribution < 1.29 is 4.79 Å². The summed E-state index contributed by atoms with van der Waals surface area (Å²) >= 11 is 3.89. The summed E-state index contributed by atoms with van der Waals surface area (Å²) < 4.78 is 0. The number of benzene rings is 1. The molecule has 1 aliphatic carbocycles. The fourth-order valence-electron chi connectivity index (χ4n) is 3.63. The molecule has 1 amide bonds. The Morgan fingerprint density at radius 1 is 1.30 bits per heavy atom. The fourth-order valence-corrected chi connectivity index (χ4v) is 4.70. The second kappa shape index (κ2) is 5.88. The summed E-state index contributed by atoms with van der Waals surface area (Å²) in [5.41, 5.74) is 3.34. The van der Waals surface area contributed by atoms with Gasteiger partial charge < -0.3 is 5.32 Å². The highest BCUT2D eigenvalue weighted by Gasteiger charge is 2.31. The first-order valence-electron chi connectivity index (χ1n) is 7.72. The molecular weight excluding hydrogens is 314 g/mol. The van der Waals surface area contributed by atoms with Crippen LogP contribution < -0.4 is 5.32 Å².